The SMILES string of the molecule is Cc1c(C)n(Cc2ccncc2)c2ncn(CCO)c(=N)c12. The van der Waals surface area contributed by atoms with Crippen molar-refractivity contribution in [1.29, 1.82) is 5.41 Å². The van der Waals surface area contributed by atoms with Crippen molar-refractivity contribution in [3.63, 3.8) is 0 Å². The second-order valence-electron chi connectivity index (χ2n) is 5.36. The maximum absolute atomic E-state index is 9.10. The lowest BCUT2D eigenvalue weighted by Crippen LogP contribution is -2.22. The predicted octanol–water partition coefficient (Wildman–Crippen LogP) is 1.37. The summed E-state index contributed by atoms with van der Waals surface area (Å²) in [6.45, 7) is 5.15. The third-order valence-corrected chi connectivity index (χ3v) is 4.08. The fourth-order valence-corrected chi connectivity index (χ4v) is 2.73. The van der Waals surface area contributed by atoms with Gasteiger partial charge in [0.25, 0.3) is 0 Å². The van der Waals surface area contributed by atoms with Crippen LogP contribution in [0.3, 0.4) is 0 Å². The molecule has 0 aliphatic rings. The number of rotatable bonds is 4. The Kier molecular flexibility index (Phi) is 3.77. The molecule has 0 spiro atoms. The van der Waals surface area contributed by atoms with Crippen LogP contribution in [-0.4, -0.2) is 30.8 Å². The van der Waals surface area contributed by atoms with Crippen LogP contribution in [0.4, 0.5) is 0 Å². The molecule has 0 saturated heterocycles. The Bertz CT molecular complexity index is 864. The van der Waals surface area contributed by atoms with Crippen molar-refractivity contribution in [2.75, 3.05) is 6.61 Å². The first-order valence-corrected chi connectivity index (χ1v) is 7.22. The van der Waals surface area contributed by atoms with Crippen LogP contribution in [0.5, 0.6) is 0 Å². The molecule has 0 aromatic carbocycles. The molecule has 114 valence electrons. The summed E-state index contributed by atoms with van der Waals surface area (Å²) in [6.07, 6.45) is 5.19. The average molecular weight is 297 g/mol. The van der Waals surface area contributed by atoms with E-state index in [0.717, 1.165) is 27.9 Å². The Labute approximate surface area is 128 Å². The van der Waals surface area contributed by atoms with Gasteiger partial charge in [0.05, 0.1) is 18.3 Å². The van der Waals surface area contributed by atoms with E-state index in [1.807, 2.05) is 26.0 Å². The summed E-state index contributed by atoms with van der Waals surface area (Å²) in [7, 11) is 0. The maximum atomic E-state index is 9.10. The van der Waals surface area contributed by atoms with Crippen LogP contribution in [-0.2, 0) is 13.1 Å². The highest BCUT2D eigenvalue weighted by Crippen LogP contribution is 2.21. The lowest BCUT2D eigenvalue weighted by Gasteiger charge is -2.09. The molecule has 0 atom stereocenters. The Morgan fingerprint density at radius 3 is 2.64 bits per heavy atom. The Balaban J connectivity index is 2.18. The Morgan fingerprint density at radius 2 is 1.95 bits per heavy atom. The normalized spacial score (nSPS) is 11.2. The van der Waals surface area contributed by atoms with Gasteiger partial charge in [0.2, 0.25) is 0 Å². The standard InChI is InChI=1S/C16H19N5O/c1-11-12(2)21(9-13-3-5-18-6-4-13)16-14(11)15(17)20(7-8-22)10-19-16/h3-6,10,17,22H,7-9H2,1-2H3. The molecule has 6 heteroatoms. The highest BCUT2D eigenvalue weighted by molar-refractivity contribution is 5.80. The van der Waals surface area contributed by atoms with Crippen LogP contribution in [0.25, 0.3) is 11.0 Å². The van der Waals surface area contributed by atoms with E-state index in [1.165, 1.54) is 0 Å². The zero-order valence-corrected chi connectivity index (χ0v) is 12.7. The molecule has 3 heterocycles. The van der Waals surface area contributed by atoms with Crippen LogP contribution < -0.4 is 5.49 Å². The first-order valence-electron chi connectivity index (χ1n) is 7.22. The number of nitrogens with zero attached hydrogens (tertiary/aromatic N) is 4. The molecule has 6 nitrogen and oxygen atoms in total. The zero-order chi connectivity index (χ0) is 15.7. The number of aliphatic hydroxyl groups excluding tert-OH is 1. The summed E-state index contributed by atoms with van der Waals surface area (Å²) >= 11 is 0. The Morgan fingerprint density at radius 1 is 1.23 bits per heavy atom. The number of pyridine rings is 1. The average Bonchev–Trinajstić information content (AvgIpc) is 2.77. The van der Waals surface area contributed by atoms with Gasteiger partial charge in [0.15, 0.2) is 0 Å². The number of fused-ring (bicyclic) bond motifs is 1. The van der Waals surface area contributed by atoms with Crippen molar-refractivity contribution in [3.05, 3.63) is 53.2 Å². The molecular weight excluding hydrogens is 278 g/mol. The van der Waals surface area contributed by atoms with Gasteiger partial charge in [0.1, 0.15) is 11.1 Å². The van der Waals surface area contributed by atoms with E-state index in [9.17, 15) is 0 Å². The quantitative estimate of drug-likeness (QED) is 0.763. The van der Waals surface area contributed by atoms with Gasteiger partial charge in [0, 0.05) is 31.2 Å². The second-order valence-corrected chi connectivity index (χ2v) is 5.36. The molecule has 0 saturated carbocycles. The van der Waals surface area contributed by atoms with E-state index in [2.05, 4.69) is 14.5 Å². The fraction of sp³-hybridized carbons (Fsp3) is 0.312. The van der Waals surface area contributed by atoms with E-state index >= 15 is 0 Å². The molecule has 2 N–H and O–H groups in total. The summed E-state index contributed by atoms with van der Waals surface area (Å²) in [5.74, 6) is 0. The minimum absolute atomic E-state index is 0.000509. The molecule has 0 aliphatic carbocycles. The molecule has 0 bridgehead atoms. The molecule has 0 amide bonds. The van der Waals surface area contributed by atoms with Crippen LogP contribution >= 0.6 is 0 Å². The van der Waals surface area contributed by atoms with Crippen molar-refractivity contribution in [2.45, 2.75) is 26.9 Å². The first-order chi connectivity index (χ1) is 10.6. The number of hydrogen-bond acceptors (Lipinski definition) is 4. The fourth-order valence-electron chi connectivity index (χ4n) is 2.73. The topological polar surface area (TPSA) is 79.7 Å². The van der Waals surface area contributed by atoms with Crippen LogP contribution in [0.1, 0.15) is 16.8 Å². The number of aliphatic hydroxyl groups is 1. The lowest BCUT2D eigenvalue weighted by atomic mass is 10.2. The molecule has 0 unspecified atom stereocenters. The molecule has 0 aliphatic heterocycles. The maximum Gasteiger partial charge on any atom is 0.146 e. The van der Waals surface area contributed by atoms with Crippen molar-refractivity contribution < 1.29 is 5.11 Å². The van der Waals surface area contributed by atoms with Crippen molar-refractivity contribution in [3.8, 4) is 0 Å². The zero-order valence-electron chi connectivity index (χ0n) is 12.7. The van der Waals surface area contributed by atoms with Gasteiger partial charge in [-0.3, -0.25) is 10.4 Å². The van der Waals surface area contributed by atoms with Gasteiger partial charge in [-0.25, -0.2) is 4.98 Å². The molecular formula is C16H19N5O. The predicted molar refractivity (Wildman–Crippen MR) is 83.5 cm³/mol. The van der Waals surface area contributed by atoms with E-state index in [-0.39, 0.29) is 6.61 Å². The van der Waals surface area contributed by atoms with Crippen molar-refractivity contribution >= 4 is 11.0 Å². The molecule has 22 heavy (non-hydrogen) atoms. The largest absolute Gasteiger partial charge is 0.395 e. The van der Waals surface area contributed by atoms with Crippen molar-refractivity contribution in [1.82, 2.24) is 19.1 Å². The third kappa shape index (κ3) is 2.31. The van der Waals surface area contributed by atoms with Gasteiger partial charge in [-0.15, -0.1) is 0 Å². The monoisotopic (exact) mass is 297 g/mol. The summed E-state index contributed by atoms with van der Waals surface area (Å²) in [4.78, 5) is 8.56. The number of nitrogens with one attached hydrogen (secondary N) is 1. The minimum atomic E-state index is -0.000509. The van der Waals surface area contributed by atoms with Crippen LogP contribution in [0.15, 0.2) is 30.9 Å². The number of aryl methyl sites for hydroxylation is 1. The minimum Gasteiger partial charge on any atom is -0.395 e. The van der Waals surface area contributed by atoms with Crippen LogP contribution in [0, 0.1) is 19.3 Å². The molecule has 0 fully saturated rings. The van der Waals surface area contributed by atoms with Crippen LogP contribution in [0.2, 0.25) is 0 Å². The number of aromatic nitrogens is 4. The van der Waals surface area contributed by atoms with Crippen molar-refractivity contribution in [2.24, 2.45) is 0 Å². The van der Waals surface area contributed by atoms with E-state index < -0.39 is 0 Å². The van der Waals surface area contributed by atoms with E-state index in [0.29, 0.717) is 18.6 Å². The molecule has 3 aromatic heterocycles. The third-order valence-electron chi connectivity index (χ3n) is 4.08. The van der Waals surface area contributed by atoms with Gasteiger partial charge in [-0.2, -0.15) is 0 Å². The molecule has 3 rings (SSSR count). The van der Waals surface area contributed by atoms with Gasteiger partial charge in [-0.1, -0.05) is 0 Å². The van der Waals surface area contributed by atoms with Gasteiger partial charge < -0.3 is 14.2 Å². The number of hydrogen-bond donors (Lipinski definition) is 2. The summed E-state index contributed by atoms with van der Waals surface area (Å²) < 4.78 is 3.80. The van der Waals surface area contributed by atoms with E-state index in [1.54, 1.807) is 23.3 Å². The summed E-state index contributed by atoms with van der Waals surface area (Å²) in [5.41, 5.74) is 4.53. The van der Waals surface area contributed by atoms with Gasteiger partial charge in [-0.05, 0) is 37.1 Å². The molecule has 3 aromatic rings. The molecule has 0 radical (unpaired) electrons. The van der Waals surface area contributed by atoms with Gasteiger partial charge >= 0.3 is 0 Å². The summed E-state index contributed by atoms with van der Waals surface area (Å²) in [5, 5.41) is 18.3. The van der Waals surface area contributed by atoms with E-state index in [4.69, 9.17) is 10.5 Å². The highest BCUT2D eigenvalue weighted by atomic mass is 16.3. The summed E-state index contributed by atoms with van der Waals surface area (Å²) in [6, 6.07) is 3.97. The smallest absolute Gasteiger partial charge is 0.146 e. The first kappa shape index (κ1) is 14.5. The highest BCUT2D eigenvalue weighted by Gasteiger charge is 2.15. The second kappa shape index (κ2) is 5.73. The lowest BCUT2D eigenvalue weighted by molar-refractivity contribution is 0.273. The Hall–Kier alpha value is -2.47.